The summed E-state index contributed by atoms with van der Waals surface area (Å²) in [5.41, 5.74) is 2.58. The van der Waals surface area contributed by atoms with Crippen LogP contribution in [-0.4, -0.2) is 36.2 Å². The maximum absolute atomic E-state index is 12.2. The maximum atomic E-state index is 12.2. The zero-order valence-electron chi connectivity index (χ0n) is 14.4. The quantitative estimate of drug-likeness (QED) is 0.416. The Kier molecular flexibility index (Phi) is 4.85. The number of nitrogens with zero attached hydrogens (tertiary/aromatic N) is 5. The SMILES string of the molecule is Cc1cc(C)n2c(SCC(=O)Nc3cccc([N+](=O)[O-])c3C)nnc2n1. The van der Waals surface area contributed by atoms with Gasteiger partial charge in [-0.2, -0.15) is 0 Å². The van der Waals surface area contributed by atoms with Crippen molar-refractivity contribution in [1.82, 2.24) is 19.6 Å². The summed E-state index contributed by atoms with van der Waals surface area (Å²) in [6.07, 6.45) is 0. The zero-order chi connectivity index (χ0) is 18.8. The van der Waals surface area contributed by atoms with Crippen molar-refractivity contribution in [3.63, 3.8) is 0 Å². The van der Waals surface area contributed by atoms with E-state index in [4.69, 9.17) is 0 Å². The van der Waals surface area contributed by atoms with Crippen molar-refractivity contribution in [3.05, 3.63) is 51.3 Å². The average molecular weight is 372 g/mol. The number of nitrogens with one attached hydrogen (secondary N) is 1. The predicted octanol–water partition coefficient (Wildman–Crippen LogP) is 2.69. The van der Waals surface area contributed by atoms with Gasteiger partial charge >= 0.3 is 0 Å². The summed E-state index contributed by atoms with van der Waals surface area (Å²) >= 11 is 1.22. The van der Waals surface area contributed by atoms with Gasteiger partial charge in [0.15, 0.2) is 5.16 Å². The molecule has 3 rings (SSSR count). The molecule has 3 aromatic rings. The van der Waals surface area contributed by atoms with Gasteiger partial charge in [-0.3, -0.25) is 19.3 Å². The number of hydrogen-bond acceptors (Lipinski definition) is 7. The minimum Gasteiger partial charge on any atom is -0.325 e. The Morgan fingerprint density at radius 3 is 2.81 bits per heavy atom. The summed E-state index contributed by atoms with van der Waals surface area (Å²) in [6, 6.07) is 6.48. The number of carbonyl (C=O) groups excluding carboxylic acids is 1. The standard InChI is InChI=1S/C16H16N6O3S/c1-9-7-10(2)21-15(17-9)19-20-16(21)26-8-14(23)18-12-5-4-6-13(11(12)3)22(24)25/h4-7H,8H2,1-3H3,(H,18,23). The lowest BCUT2D eigenvalue weighted by molar-refractivity contribution is -0.385. The number of thioether (sulfide) groups is 1. The second-order valence-electron chi connectivity index (χ2n) is 5.70. The zero-order valence-corrected chi connectivity index (χ0v) is 15.2. The number of aryl methyl sites for hydroxylation is 2. The molecule has 1 N–H and O–H groups in total. The molecule has 26 heavy (non-hydrogen) atoms. The highest BCUT2D eigenvalue weighted by atomic mass is 32.2. The van der Waals surface area contributed by atoms with Crippen LogP contribution in [0.3, 0.4) is 0 Å². The molecular formula is C16H16N6O3S. The third kappa shape index (κ3) is 3.49. The van der Waals surface area contributed by atoms with Crippen LogP contribution in [0.4, 0.5) is 11.4 Å². The van der Waals surface area contributed by atoms with E-state index in [0.29, 0.717) is 22.2 Å². The summed E-state index contributed by atoms with van der Waals surface area (Å²) in [5, 5.41) is 22.4. The van der Waals surface area contributed by atoms with Crippen LogP contribution in [0.5, 0.6) is 0 Å². The first-order valence-corrected chi connectivity index (χ1v) is 8.71. The number of amides is 1. The highest BCUT2D eigenvalue weighted by molar-refractivity contribution is 7.99. The molecule has 0 spiro atoms. The van der Waals surface area contributed by atoms with Crippen LogP contribution in [0, 0.1) is 30.9 Å². The molecule has 0 saturated heterocycles. The van der Waals surface area contributed by atoms with E-state index in [2.05, 4.69) is 20.5 Å². The van der Waals surface area contributed by atoms with Crippen molar-refractivity contribution >= 4 is 34.8 Å². The first-order valence-electron chi connectivity index (χ1n) is 7.73. The first kappa shape index (κ1) is 17.8. The fourth-order valence-electron chi connectivity index (χ4n) is 2.57. The normalized spacial score (nSPS) is 10.9. The van der Waals surface area contributed by atoms with Gasteiger partial charge in [0.25, 0.3) is 11.5 Å². The summed E-state index contributed by atoms with van der Waals surface area (Å²) in [6.45, 7) is 5.40. The lowest BCUT2D eigenvalue weighted by atomic mass is 10.1. The van der Waals surface area contributed by atoms with E-state index >= 15 is 0 Å². The minimum absolute atomic E-state index is 0.0315. The molecule has 134 valence electrons. The number of hydrogen-bond donors (Lipinski definition) is 1. The molecule has 0 bridgehead atoms. The van der Waals surface area contributed by atoms with Gasteiger partial charge < -0.3 is 5.32 Å². The van der Waals surface area contributed by atoms with Crippen molar-refractivity contribution in [1.29, 1.82) is 0 Å². The van der Waals surface area contributed by atoms with Gasteiger partial charge in [-0.15, -0.1) is 10.2 Å². The Morgan fingerprint density at radius 1 is 1.31 bits per heavy atom. The van der Waals surface area contributed by atoms with Crippen molar-refractivity contribution in [2.45, 2.75) is 25.9 Å². The first-order chi connectivity index (χ1) is 12.4. The van der Waals surface area contributed by atoms with Crippen molar-refractivity contribution in [3.8, 4) is 0 Å². The fraction of sp³-hybridized carbons (Fsp3) is 0.250. The Hall–Kier alpha value is -3.01. The molecule has 0 aliphatic rings. The molecule has 0 atom stereocenters. The Morgan fingerprint density at radius 2 is 2.08 bits per heavy atom. The molecule has 10 heteroatoms. The monoisotopic (exact) mass is 372 g/mol. The second-order valence-corrected chi connectivity index (χ2v) is 6.64. The van der Waals surface area contributed by atoms with Gasteiger partial charge in [0.1, 0.15) is 0 Å². The van der Waals surface area contributed by atoms with E-state index in [-0.39, 0.29) is 17.3 Å². The summed E-state index contributed by atoms with van der Waals surface area (Å²) in [5.74, 6) is 0.295. The molecule has 2 aromatic heterocycles. The van der Waals surface area contributed by atoms with Crippen LogP contribution < -0.4 is 5.32 Å². The summed E-state index contributed by atoms with van der Waals surface area (Å²) in [4.78, 5) is 27.1. The van der Waals surface area contributed by atoms with Crippen molar-refractivity contribution in [2.24, 2.45) is 0 Å². The molecule has 0 aliphatic carbocycles. The van der Waals surface area contributed by atoms with Crippen LogP contribution >= 0.6 is 11.8 Å². The average Bonchev–Trinajstić information content (AvgIpc) is 2.97. The third-order valence-electron chi connectivity index (χ3n) is 3.77. The van der Waals surface area contributed by atoms with Crippen LogP contribution in [0.1, 0.15) is 17.0 Å². The predicted molar refractivity (Wildman–Crippen MR) is 97.4 cm³/mol. The Labute approximate surface area is 153 Å². The van der Waals surface area contributed by atoms with E-state index in [0.717, 1.165) is 11.4 Å². The third-order valence-corrected chi connectivity index (χ3v) is 4.70. The number of anilines is 1. The number of nitro groups is 1. The summed E-state index contributed by atoms with van der Waals surface area (Å²) < 4.78 is 1.78. The van der Waals surface area contributed by atoms with E-state index in [1.54, 1.807) is 17.4 Å². The lowest BCUT2D eigenvalue weighted by Crippen LogP contribution is -2.15. The lowest BCUT2D eigenvalue weighted by Gasteiger charge is -2.08. The number of rotatable bonds is 5. The smallest absolute Gasteiger partial charge is 0.274 e. The van der Waals surface area contributed by atoms with E-state index < -0.39 is 4.92 Å². The van der Waals surface area contributed by atoms with Gasteiger partial charge in [-0.1, -0.05) is 17.8 Å². The molecule has 0 saturated carbocycles. The fourth-order valence-corrected chi connectivity index (χ4v) is 3.35. The van der Waals surface area contributed by atoms with Crippen LogP contribution in [-0.2, 0) is 4.79 Å². The molecule has 9 nitrogen and oxygen atoms in total. The number of nitro benzene ring substituents is 1. The van der Waals surface area contributed by atoms with E-state index in [9.17, 15) is 14.9 Å². The highest BCUT2D eigenvalue weighted by Gasteiger charge is 2.16. The second kappa shape index (κ2) is 7.08. The van der Waals surface area contributed by atoms with Crippen LogP contribution in [0.15, 0.2) is 29.4 Å². The number of benzene rings is 1. The maximum Gasteiger partial charge on any atom is 0.274 e. The topological polar surface area (TPSA) is 115 Å². The molecule has 2 heterocycles. The van der Waals surface area contributed by atoms with E-state index in [1.807, 2.05) is 19.9 Å². The van der Waals surface area contributed by atoms with Crippen LogP contribution in [0.25, 0.3) is 5.78 Å². The van der Waals surface area contributed by atoms with Gasteiger partial charge in [-0.25, -0.2) is 4.98 Å². The molecule has 0 aliphatic heterocycles. The van der Waals surface area contributed by atoms with E-state index in [1.165, 1.54) is 23.9 Å². The minimum atomic E-state index is -0.472. The molecule has 1 amide bonds. The van der Waals surface area contributed by atoms with Gasteiger partial charge in [-0.05, 0) is 32.9 Å². The molecule has 0 unspecified atom stereocenters. The Bertz CT molecular complexity index is 1020. The highest BCUT2D eigenvalue weighted by Crippen LogP contribution is 2.25. The molecule has 0 radical (unpaired) electrons. The molecular weight excluding hydrogens is 356 g/mol. The number of carbonyl (C=O) groups is 1. The number of aromatic nitrogens is 4. The molecule has 1 aromatic carbocycles. The van der Waals surface area contributed by atoms with Gasteiger partial charge in [0, 0.05) is 17.5 Å². The number of fused-ring (bicyclic) bond motifs is 1. The summed E-state index contributed by atoms with van der Waals surface area (Å²) in [7, 11) is 0. The molecule has 0 fully saturated rings. The largest absolute Gasteiger partial charge is 0.325 e. The van der Waals surface area contributed by atoms with Gasteiger partial charge in [0.05, 0.1) is 21.9 Å². The Balaban J connectivity index is 1.73. The van der Waals surface area contributed by atoms with Crippen molar-refractivity contribution in [2.75, 3.05) is 11.1 Å². The van der Waals surface area contributed by atoms with Crippen LogP contribution in [0.2, 0.25) is 0 Å². The van der Waals surface area contributed by atoms with Crippen molar-refractivity contribution < 1.29 is 9.72 Å². The van der Waals surface area contributed by atoms with Gasteiger partial charge in [0.2, 0.25) is 5.91 Å².